The van der Waals surface area contributed by atoms with Crippen LogP contribution in [0, 0.1) is 12.8 Å². The van der Waals surface area contributed by atoms with Crippen LogP contribution in [0.25, 0.3) is 0 Å². The van der Waals surface area contributed by atoms with Crippen molar-refractivity contribution in [2.75, 3.05) is 18.5 Å². The van der Waals surface area contributed by atoms with Crippen molar-refractivity contribution in [2.24, 2.45) is 5.92 Å². The maximum absolute atomic E-state index is 12.9. The third-order valence-corrected chi connectivity index (χ3v) is 7.01. The summed E-state index contributed by atoms with van der Waals surface area (Å²) in [6.07, 6.45) is 8.00. The van der Waals surface area contributed by atoms with Crippen LogP contribution in [0.5, 0.6) is 0 Å². The molecule has 1 saturated carbocycles. The van der Waals surface area contributed by atoms with Gasteiger partial charge in [-0.15, -0.1) is 11.3 Å². The standard InChI is InChI=1S/C23H31ClN4O3S/c1-15-19(12-17(24)13-26-15)27-14-18-7-8-21(32-18)23(31)28-20(22(30)25-9-10-29)11-16-5-3-2-4-6-16/h7-8,12-13,16,20,27,29H,2-6,9-11,14H2,1H3,(H,25,30)(H,28,31). The summed E-state index contributed by atoms with van der Waals surface area (Å²) in [5.74, 6) is -0.0475. The predicted octanol–water partition coefficient (Wildman–Crippen LogP) is 3.89. The number of halogens is 1. The van der Waals surface area contributed by atoms with Gasteiger partial charge in [0.2, 0.25) is 5.91 Å². The number of nitrogens with zero attached hydrogens (tertiary/aromatic N) is 1. The first-order chi connectivity index (χ1) is 15.5. The largest absolute Gasteiger partial charge is 0.395 e. The van der Waals surface area contributed by atoms with Crippen LogP contribution < -0.4 is 16.0 Å². The van der Waals surface area contributed by atoms with Crippen LogP contribution in [0.15, 0.2) is 24.4 Å². The number of aryl methyl sites for hydroxylation is 1. The molecule has 7 nitrogen and oxygen atoms in total. The Morgan fingerprint density at radius 2 is 2.06 bits per heavy atom. The van der Waals surface area contributed by atoms with E-state index in [1.54, 1.807) is 12.3 Å². The number of rotatable bonds is 10. The summed E-state index contributed by atoms with van der Waals surface area (Å²) in [6.45, 7) is 2.50. The van der Waals surface area contributed by atoms with Crippen LogP contribution in [0.2, 0.25) is 5.02 Å². The van der Waals surface area contributed by atoms with Crippen molar-refractivity contribution in [1.82, 2.24) is 15.6 Å². The van der Waals surface area contributed by atoms with E-state index in [1.165, 1.54) is 30.6 Å². The third-order valence-electron chi connectivity index (χ3n) is 5.72. The summed E-state index contributed by atoms with van der Waals surface area (Å²) in [6, 6.07) is 4.91. The fraction of sp³-hybridized carbons (Fsp3) is 0.522. The summed E-state index contributed by atoms with van der Waals surface area (Å²) < 4.78 is 0. The van der Waals surface area contributed by atoms with Crippen molar-refractivity contribution < 1.29 is 14.7 Å². The van der Waals surface area contributed by atoms with Crippen molar-refractivity contribution in [3.05, 3.63) is 44.9 Å². The van der Waals surface area contributed by atoms with E-state index in [0.29, 0.717) is 28.8 Å². The summed E-state index contributed by atoms with van der Waals surface area (Å²) in [4.78, 5) is 31.3. The SMILES string of the molecule is Cc1ncc(Cl)cc1NCc1ccc(C(=O)NC(CC2CCCCC2)C(=O)NCCO)s1. The maximum Gasteiger partial charge on any atom is 0.262 e. The molecule has 32 heavy (non-hydrogen) atoms. The van der Waals surface area contributed by atoms with Crippen molar-refractivity contribution in [2.45, 2.75) is 58.0 Å². The van der Waals surface area contributed by atoms with Crippen LogP contribution in [0.4, 0.5) is 5.69 Å². The van der Waals surface area contributed by atoms with Crippen LogP contribution in [-0.2, 0) is 11.3 Å². The molecule has 1 fully saturated rings. The molecule has 2 aromatic heterocycles. The molecule has 9 heteroatoms. The molecule has 0 bridgehead atoms. The molecule has 3 rings (SSSR count). The third kappa shape index (κ3) is 7.18. The number of carbonyl (C=O) groups excluding carboxylic acids is 2. The van der Waals surface area contributed by atoms with Gasteiger partial charge in [-0.3, -0.25) is 14.6 Å². The number of thiophene rings is 1. The van der Waals surface area contributed by atoms with Crippen molar-refractivity contribution in [3.8, 4) is 0 Å². The Labute approximate surface area is 198 Å². The molecule has 0 aromatic carbocycles. The molecule has 1 unspecified atom stereocenters. The van der Waals surface area contributed by atoms with E-state index < -0.39 is 6.04 Å². The van der Waals surface area contributed by atoms with Crippen molar-refractivity contribution >= 4 is 40.4 Å². The average Bonchev–Trinajstić information content (AvgIpc) is 3.27. The molecule has 4 N–H and O–H groups in total. The van der Waals surface area contributed by atoms with E-state index in [1.807, 2.05) is 19.1 Å². The highest BCUT2D eigenvalue weighted by atomic mass is 35.5. The number of aliphatic hydroxyl groups excluding tert-OH is 1. The number of aromatic nitrogens is 1. The first-order valence-corrected chi connectivity index (χ1v) is 12.3. The van der Waals surface area contributed by atoms with Gasteiger partial charge in [-0.25, -0.2) is 0 Å². The number of amides is 2. The number of hydrogen-bond acceptors (Lipinski definition) is 6. The van der Waals surface area contributed by atoms with Crippen molar-refractivity contribution in [3.63, 3.8) is 0 Å². The van der Waals surface area contributed by atoms with E-state index in [4.69, 9.17) is 16.7 Å². The topological polar surface area (TPSA) is 103 Å². The van der Waals surface area contributed by atoms with E-state index >= 15 is 0 Å². The first-order valence-electron chi connectivity index (χ1n) is 11.1. The van der Waals surface area contributed by atoms with Crippen LogP contribution >= 0.6 is 22.9 Å². The number of nitrogens with one attached hydrogen (secondary N) is 3. The van der Waals surface area contributed by atoms with Gasteiger partial charge in [0, 0.05) is 24.2 Å². The quantitative estimate of drug-likeness (QED) is 0.414. The molecule has 2 amide bonds. The van der Waals surface area contributed by atoms with Gasteiger partial charge in [0.1, 0.15) is 6.04 Å². The normalized spacial score (nSPS) is 15.2. The minimum absolute atomic E-state index is 0.126. The zero-order valence-electron chi connectivity index (χ0n) is 18.3. The maximum atomic E-state index is 12.9. The number of hydrogen-bond donors (Lipinski definition) is 4. The molecule has 0 saturated heterocycles. The zero-order chi connectivity index (χ0) is 22.9. The predicted molar refractivity (Wildman–Crippen MR) is 128 cm³/mol. The molecular formula is C23H31ClN4O3S. The highest BCUT2D eigenvalue weighted by Crippen LogP contribution is 2.28. The van der Waals surface area contributed by atoms with Gasteiger partial charge in [0.15, 0.2) is 0 Å². The molecule has 1 aliphatic carbocycles. The van der Waals surface area contributed by atoms with Crippen molar-refractivity contribution in [1.29, 1.82) is 0 Å². The van der Waals surface area contributed by atoms with Gasteiger partial charge in [0.25, 0.3) is 5.91 Å². The van der Waals surface area contributed by atoms with Gasteiger partial charge in [-0.2, -0.15) is 0 Å². The lowest BCUT2D eigenvalue weighted by Gasteiger charge is -2.26. The van der Waals surface area contributed by atoms with Crippen LogP contribution in [0.1, 0.15) is 58.8 Å². The second-order valence-electron chi connectivity index (χ2n) is 8.19. The van der Waals surface area contributed by atoms with Gasteiger partial charge >= 0.3 is 0 Å². The Morgan fingerprint density at radius 3 is 2.81 bits per heavy atom. The Balaban J connectivity index is 1.60. The van der Waals surface area contributed by atoms with Crippen LogP contribution in [0.3, 0.4) is 0 Å². The summed E-state index contributed by atoms with van der Waals surface area (Å²) >= 11 is 7.41. The van der Waals surface area contributed by atoms with Crippen LogP contribution in [-0.4, -0.2) is 41.1 Å². The second-order valence-corrected chi connectivity index (χ2v) is 9.79. The Kier molecular flexibility index (Phi) is 9.32. The van der Waals surface area contributed by atoms with E-state index in [2.05, 4.69) is 20.9 Å². The molecule has 1 atom stereocenters. The number of aliphatic hydroxyl groups is 1. The molecule has 174 valence electrons. The Hall–Kier alpha value is -2.16. The first kappa shape index (κ1) is 24.5. The van der Waals surface area contributed by atoms with E-state index in [9.17, 15) is 9.59 Å². The minimum Gasteiger partial charge on any atom is -0.395 e. The fourth-order valence-electron chi connectivity index (χ4n) is 3.98. The summed E-state index contributed by atoms with van der Waals surface area (Å²) in [7, 11) is 0. The number of carbonyl (C=O) groups is 2. The molecule has 2 aromatic rings. The highest BCUT2D eigenvalue weighted by Gasteiger charge is 2.26. The summed E-state index contributed by atoms with van der Waals surface area (Å²) in [5, 5.41) is 18.5. The Morgan fingerprint density at radius 1 is 1.28 bits per heavy atom. The molecule has 1 aliphatic rings. The zero-order valence-corrected chi connectivity index (χ0v) is 19.9. The number of anilines is 1. The van der Waals surface area contributed by atoms with Gasteiger partial charge in [0.05, 0.1) is 27.9 Å². The van der Waals surface area contributed by atoms with Gasteiger partial charge in [-0.1, -0.05) is 43.7 Å². The Bertz CT molecular complexity index is 914. The lowest BCUT2D eigenvalue weighted by atomic mass is 9.84. The second kappa shape index (κ2) is 12.2. The fourth-order valence-corrected chi connectivity index (χ4v) is 4.99. The van der Waals surface area contributed by atoms with E-state index in [0.717, 1.165) is 29.1 Å². The molecule has 0 spiro atoms. The summed E-state index contributed by atoms with van der Waals surface area (Å²) in [5.41, 5.74) is 1.70. The van der Waals surface area contributed by atoms with Gasteiger partial charge in [-0.05, 0) is 37.5 Å². The molecular weight excluding hydrogens is 448 g/mol. The van der Waals surface area contributed by atoms with Gasteiger partial charge < -0.3 is 21.1 Å². The lowest BCUT2D eigenvalue weighted by Crippen LogP contribution is -2.48. The molecule has 0 aliphatic heterocycles. The smallest absolute Gasteiger partial charge is 0.262 e. The average molecular weight is 479 g/mol. The lowest BCUT2D eigenvalue weighted by molar-refractivity contribution is -0.123. The minimum atomic E-state index is -0.596. The highest BCUT2D eigenvalue weighted by molar-refractivity contribution is 7.14. The monoisotopic (exact) mass is 478 g/mol. The molecule has 2 heterocycles. The van der Waals surface area contributed by atoms with E-state index in [-0.39, 0.29) is 25.0 Å². The number of pyridine rings is 1. The molecule has 0 radical (unpaired) electrons.